The van der Waals surface area contributed by atoms with E-state index < -0.39 is 12.2 Å². The first kappa shape index (κ1) is 13.6. The van der Waals surface area contributed by atoms with Gasteiger partial charge >= 0.3 is 0 Å². The first-order chi connectivity index (χ1) is 7.41. The Bertz CT molecular complexity index is 355. The predicted octanol–water partition coefficient (Wildman–Crippen LogP) is 2.51. The fraction of sp³-hybridized carbons (Fsp3) is 0.500. The summed E-state index contributed by atoms with van der Waals surface area (Å²) >= 11 is 3.23. The number of hydrogen-bond donors (Lipinski definition) is 2. The molecule has 90 valence electrons. The van der Waals surface area contributed by atoms with Gasteiger partial charge < -0.3 is 10.2 Å². The Kier molecular flexibility index (Phi) is 4.89. The normalized spacial score (nSPS) is 15.2. The van der Waals surface area contributed by atoms with Crippen LogP contribution in [-0.4, -0.2) is 22.4 Å². The third kappa shape index (κ3) is 3.54. The number of aliphatic hydroxyl groups excluding tert-OH is 2. The van der Waals surface area contributed by atoms with Gasteiger partial charge in [-0.05, 0) is 23.6 Å². The van der Waals surface area contributed by atoms with Gasteiger partial charge in [0.15, 0.2) is 0 Å². The standard InChI is InChI=1S/C12H16BrFO2/c1-7(2)12(16)11(15)5-8-3-4-9(14)6-10(8)13/h3-4,6-7,11-12,15-16H,5H2,1-2H3. The van der Waals surface area contributed by atoms with Crippen LogP contribution in [0, 0.1) is 11.7 Å². The summed E-state index contributed by atoms with van der Waals surface area (Å²) in [7, 11) is 0. The van der Waals surface area contributed by atoms with Gasteiger partial charge in [0.2, 0.25) is 0 Å². The number of aliphatic hydroxyl groups is 2. The maximum Gasteiger partial charge on any atom is 0.124 e. The van der Waals surface area contributed by atoms with Gasteiger partial charge in [-0.3, -0.25) is 0 Å². The molecule has 0 amide bonds. The first-order valence-electron chi connectivity index (χ1n) is 5.22. The molecule has 0 saturated carbocycles. The molecule has 16 heavy (non-hydrogen) atoms. The van der Waals surface area contributed by atoms with Crippen LogP contribution in [0.25, 0.3) is 0 Å². The maximum atomic E-state index is 12.8. The van der Waals surface area contributed by atoms with Gasteiger partial charge in [0.05, 0.1) is 12.2 Å². The van der Waals surface area contributed by atoms with Crippen LogP contribution in [0.4, 0.5) is 4.39 Å². The molecule has 4 heteroatoms. The molecule has 1 aromatic carbocycles. The molecule has 2 atom stereocenters. The van der Waals surface area contributed by atoms with Crippen molar-refractivity contribution in [3.8, 4) is 0 Å². The average molecular weight is 291 g/mol. The minimum absolute atomic E-state index is 0.00535. The summed E-state index contributed by atoms with van der Waals surface area (Å²) in [6.45, 7) is 3.68. The largest absolute Gasteiger partial charge is 0.390 e. The Morgan fingerprint density at radius 2 is 1.94 bits per heavy atom. The molecular weight excluding hydrogens is 275 g/mol. The molecule has 2 N–H and O–H groups in total. The van der Waals surface area contributed by atoms with Gasteiger partial charge in [-0.15, -0.1) is 0 Å². The van der Waals surface area contributed by atoms with Crippen molar-refractivity contribution in [2.75, 3.05) is 0 Å². The van der Waals surface area contributed by atoms with Crippen molar-refractivity contribution in [2.24, 2.45) is 5.92 Å². The van der Waals surface area contributed by atoms with Crippen molar-refractivity contribution in [1.29, 1.82) is 0 Å². The minimum Gasteiger partial charge on any atom is -0.390 e. The first-order valence-corrected chi connectivity index (χ1v) is 6.01. The third-order valence-electron chi connectivity index (χ3n) is 2.52. The topological polar surface area (TPSA) is 40.5 Å². The lowest BCUT2D eigenvalue weighted by molar-refractivity contribution is -0.00739. The third-order valence-corrected chi connectivity index (χ3v) is 3.26. The summed E-state index contributed by atoms with van der Waals surface area (Å²) in [6.07, 6.45) is -1.29. The molecule has 0 saturated heterocycles. The molecule has 0 heterocycles. The second-order valence-electron chi connectivity index (χ2n) is 4.24. The molecule has 0 spiro atoms. The average Bonchev–Trinajstić information content (AvgIpc) is 2.20. The van der Waals surface area contributed by atoms with E-state index in [4.69, 9.17) is 0 Å². The van der Waals surface area contributed by atoms with E-state index in [1.54, 1.807) is 6.07 Å². The molecule has 1 aromatic rings. The van der Waals surface area contributed by atoms with Crippen molar-refractivity contribution in [3.05, 3.63) is 34.1 Å². The fourth-order valence-corrected chi connectivity index (χ4v) is 1.99. The van der Waals surface area contributed by atoms with Crippen LogP contribution < -0.4 is 0 Å². The second-order valence-corrected chi connectivity index (χ2v) is 5.10. The van der Waals surface area contributed by atoms with Gasteiger partial charge in [0.25, 0.3) is 0 Å². The van der Waals surface area contributed by atoms with Crippen LogP contribution in [0.5, 0.6) is 0 Å². The highest BCUT2D eigenvalue weighted by molar-refractivity contribution is 9.10. The smallest absolute Gasteiger partial charge is 0.124 e. The summed E-state index contributed by atoms with van der Waals surface area (Å²) in [4.78, 5) is 0. The minimum atomic E-state index is -0.832. The summed E-state index contributed by atoms with van der Waals surface area (Å²) in [5.74, 6) is -0.330. The van der Waals surface area contributed by atoms with Gasteiger partial charge in [-0.25, -0.2) is 4.39 Å². The molecule has 1 rings (SSSR count). The van der Waals surface area contributed by atoms with E-state index in [0.717, 1.165) is 5.56 Å². The van der Waals surface area contributed by atoms with E-state index in [0.29, 0.717) is 10.9 Å². The molecular formula is C12H16BrFO2. The molecule has 2 unspecified atom stereocenters. The lowest BCUT2D eigenvalue weighted by atomic mass is 9.96. The molecule has 0 radical (unpaired) electrons. The van der Waals surface area contributed by atoms with E-state index in [2.05, 4.69) is 15.9 Å². The van der Waals surface area contributed by atoms with Crippen LogP contribution >= 0.6 is 15.9 Å². The highest BCUT2D eigenvalue weighted by Crippen LogP contribution is 2.21. The molecule has 0 aromatic heterocycles. The van der Waals surface area contributed by atoms with Crippen molar-refractivity contribution in [2.45, 2.75) is 32.5 Å². The Hall–Kier alpha value is -0.450. The summed E-state index contributed by atoms with van der Waals surface area (Å²) in [5.41, 5.74) is 0.786. The van der Waals surface area contributed by atoms with Gasteiger partial charge in [-0.2, -0.15) is 0 Å². The van der Waals surface area contributed by atoms with E-state index in [9.17, 15) is 14.6 Å². The fourth-order valence-electron chi connectivity index (χ4n) is 1.48. The Morgan fingerprint density at radius 1 is 1.31 bits per heavy atom. The van der Waals surface area contributed by atoms with E-state index in [1.807, 2.05) is 13.8 Å². The monoisotopic (exact) mass is 290 g/mol. The van der Waals surface area contributed by atoms with Crippen LogP contribution in [0.1, 0.15) is 19.4 Å². The van der Waals surface area contributed by atoms with Gasteiger partial charge in [0, 0.05) is 10.9 Å². The zero-order valence-electron chi connectivity index (χ0n) is 9.32. The van der Waals surface area contributed by atoms with Crippen LogP contribution in [-0.2, 0) is 6.42 Å². The van der Waals surface area contributed by atoms with Crippen molar-refractivity contribution in [3.63, 3.8) is 0 Å². The van der Waals surface area contributed by atoms with E-state index >= 15 is 0 Å². The summed E-state index contributed by atoms with van der Waals surface area (Å²) in [5, 5.41) is 19.4. The number of hydrogen-bond acceptors (Lipinski definition) is 2. The molecule has 0 bridgehead atoms. The van der Waals surface area contributed by atoms with E-state index in [1.165, 1.54) is 12.1 Å². The Labute approximate surface area is 103 Å². The Balaban J connectivity index is 2.73. The summed E-state index contributed by atoms with van der Waals surface area (Å²) < 4.78 is 13.4. The highest BCUT2D eigenvalue weighted by atomic mass is 79.9. The zero-order chi connectivity index (χ0) is 12.3. The quantitative estimate of drug-likeness (QED) is 0.895. The second kappa shape index (κ2) is 5.75. The van der Waals surface area contributed by atoms with Crippen LogP contribution in [0.3, 0.4) is 0 Å². The lowest BCUT2D eigenvalue weighted by Crippen LogP contribution is -2.32. The van der Waals surface area contributed by atoms with Crippen molar-refractivity contribution < 1.29 is 14.6 Å². The molecule has 2 nitrogen and oxygen atoms in total. The van der Waals surface area contributed by atoms with Gasteiger partial charge in [-0.1, -0.05) is 35.8 Å². The molecule has 0 aliphatic rings. The zero-order valence-corrected chi connectivity index (χ0v) is 10.9. The van der Waals surface area contributed by atoms with Crippen molar-refractivity contribution >= 4 is 15.9 Å². The van der Waals surface area contributed by atoms with Crippen molar-refractivity contribution in [1.82, 2.24) is 0 Å². The Morgan fingerprint density at radius 3 is 2.44 bits per heavy atom. The van der Waals surface area contributed by atoms with E-state index in [-0.39, 0.29) is 11.7 Å². The number of rotatable bonds is 4. The SMILES string of the molecule is CC(C)C(O)C(O)Cc1ccc(F)cc1Br. The summed E-state index contributed by atoms with van der Waals surface area (Å²) in [6, 6.07) is 4.30. The predicted molar refractivity (Wildman–Crippen MR) is 64.7 cm³/mol. The molecule has 0 aliphatic heterocycles. The number of halogens is 2. The van der Waals surface area contributed by atoms with Gasteiger partial charge in [0.1, 0.15) is 5.82 Å². The maximum absolute atomic E-state index is 12.8. The highest BCUT2D eigenvalue weighted by Gasteiger charge is 2.20. The number of benzene rings is 1. The molecule has 0 fully saturated rings. The molecule has 0 aliphatic carbocycles. The van der Waals surface area contributed by atoms with Crippen LogP contribution in [0.2, 0.25) is 0 Å². The lowest BCUT2D eigenvalue weighted by Gasteiger charge is -2.21. The van der Waals surface area contributed by atoms with Crippen LogP contribution in [0.15, 0.2) is 22.7 Å².